The lowest BCUT2D eigenvalue weighted by molar-refractivity contribution is 0.629. The van der Waals surface area contributed by atoms with Crippen LogP contribution in [0, 0.1) is 5.82 Å². The number of hydrogen-bond donors (Lipinski definition) is 1. The Kier molecular flexibility index (Phi) is 3.01. The SMILES string of the molecule is NCCc1nc2cc(F)ccc2n1-c1ccccc1. The van der Waals surface area contributed by atoms with E-state index >= 15 is 0 Å². The smallest absolute Gasteiger partial charge is 0.125 e. The molecule has 0 aliphatic heterocycles. The van der Waals surface area contributed by atoms with Crippen molar-refractivity contribution in [2.45, 2.75) is 6.42 Å². The number of benzene rings is 2. The second kappa shape index (κ2) is 4.82. The van der Waals surface area contributed by atoms with Gasteiger partial charge in [-0.25, -0.2) is 9.37 Å². The van der Waals surface area contributed by atoms with Crippen LogP contribution >= 0.6 is 0 Å². The molecule has 0 atom stereocenters. The van der Waals surface area contributed by atoms with Gasteiger partial charge in [0.25, 0.3) is 0 Å². The second-order valence-corrected chi connectivity index (χ2v) is 4.37. The molecule has 1 heterocycles. The third kappa shape index (κ3) is 2.11. The van der Waals surface area contributed by atoms with Crippen LogP contribution in [0.25, 0.3) is 16.7 Å². The molecule has 3 rings (SSSR count). The number of para-hydroxylation sites is 1. The Labute approximate surface area is 110 Å². The molecule has 2 aromatic carbocycles. The average molecular weight is 255 g/mol. The van der Waals surface area contributed by atoms with Gasteiger partial charge < -0.3 is 5.73 Å². The zero-order chi connectivity index (χ0) is 13.2. The minimum absolute atomic E-state index is 0.274. The molecule has 1 aromatic heterocycles. The van der Waals surface area contributed by atoms with Crippen molar-refractivity contribution in [1.29, 1.82) is 0 Å². The zero-order valence-electron chi connectivity index (χ0n) is 10.4. The maximum Gasteiger partial charge on any atom is 0.125 e. The molecular weight excluding hydrogens is 241 g/mol. The summed E-state index contributed by atoms with van der Waals surface area (Å²) < 4.78 is 15.3. The van der Waals surface area contributed by atoms with Crippen molar-refractivity contribution in [3.05, 3.63) is 60.2 Å². The molecule has 96 valence electrons. The summed E-state index contributed by atoms with van der Waals surface area (Å²) in [5.41, 5.74) is 8.20. The number of aromatic nitrogens is 2. The fraction of sp³-hybridized carbons (Fsp3) is 0.133. The number of hydrogen-bond acceptors (Lipinski definition) is 2. The van der Waals surface area contributed by atoms with E-state index in [2.05, 4.69) is 4.98 Å². The summed E-state index contributed by atoms with van der Waals surface area (Å²) in [5.74, 6) is 0.582. The molecule has 0 unspecified atom stereocenters. The normalized spacial score (nSPS) is 11.1. The van der Waals surface area contributed by atoms with Crippen molar-refractivity contribution in [2.75, 3.05) is 6.54 Å². The first-order valence-electron chi connectivity index (χ1n) is 6.22. The monoisotopic (exact) mass is 255 g/mol. The number of halogens is 1. The molecule has 0 spiro atoms. The van der Waals surface area contributed by atoms with E-state index in [4.69, 9.17) is 5.73 Å². The molecule has 19 heavy (non-hydrogen) atoms. The molecule has 2 N–H and O–H groups in total. The van der Waals surface area contributed by atoms with Gasteiger partial charge in [0.2, 0.25) is 0 Å². The molecule has 0 fully saturated rings. The fourth-order valence-electron chi connectivity index (χ4n) is 2.27. The number of imidazole rings is 1. The van der Waals surface area contributed by atoms with E-state index in [0.29, 0.717) is 18.5 Å². The van der Waals surface area contributed by atoms with Crippen LogP contribution < -0.4 is 5.73 Å². The van der Waals surface area contributed by atoms with Crippen molar-refractivity contribution in [3.8, 4) is 5.69 Å². The van der Waals surface area contributed by atoms with Crippen LogP contribution in [0.3, 0.4) is 0 Å². The van der Waals surface area contributed by atoms with Crippen LogP contribution in [0.4, 0.5) is 4.39 Å². The van der Waals surface area contributed by atoms with E-state index in [1.165, 1.54) is 12.1 Å². The van der Waals surface area contributed by atoms with Gasteiger partial charge in [0.05, 0.1) is 11.0 Å². The number of fused-ring (bicyclic) bond motifs is 1. The summed E-state index contributed by atoms with van der Waals surface area (Å²) >= 11 is 0. The molecule has 0 amide bonds. The topological polar surface area (TPSA) is 43.8 Å². The van der Waals surface area contributed by atoms with Gasteiger partial charge in [-0.05, 0) is 30.8 Å². The van der Waals surface area contributed by atoms with Crippen LogP contribution in [-0.2, 0) is 6.42 Å². The summed E-state index contributed by atoms with van der Waals surface area (Å²) in [6, 6.07) is 14.6. The third-order valence-corrected chi connectivity index (χ3v) is 3.07. The highest BCUT2D eigenvalue weighted by atomic mass is 19.1. The predicted molar refractivity (Wildman–Crippen MR) is 73.8 cm³/mol. The lowest BCUT2D eigenvalue weighted by atomic mass is 10.2. The first-order valence-corrected chi connectivity index (χ1v) is 6.22. The van der Waals surface area contributed by atoms with Gasteiger partial charge in [-0.1, -0.05) is 18.2 Å². The Morgan fingerprint density at radius 3 is 2.63 bits per heavy atom. The fourth-order valence-corrected chi connectivity index (χ4v) is 2.27. The molecule has 3 aromatic rings. The van der Waals surface area contributed by atoms with Crippen LogP contribution in [-0.4, -0.2) is 16.1 Å². The largest absolute Gasteiger partial charge is 0.330 e. The summed E-state index contributed by atoms with van der Waals surface area (Å²) in [6.45, 7) is 0.513. The van der Waals surface area contributed by atoms with Crippen LogP contribution in [0.5, 0.6) is 0 Å². The molecule has 4 heteroatoms. The van der Waals surface area contributed by atoms with Crippen LogP contribution in [0.2, 0.25) is 0 Å². The molecule has 0 saturated heterocycles. The summed E-state index contributed by atoms with van der Waals surface area (Å²) in [7, 11) is 0. The Morgan fingerprint density at radius 1 is 1.11 bits per heavy atom. The summed E-state index contributed by atoms with van der Waals surface area (Å²) in [5, 5.41) is 0. The lowest BCUT2D eigenvalue weighted by Gasteiger charge is -2.08. The third-order valence-electron chi connectivity index (χ3n) is 3.07. The minimum Gasteiger partial charge on any atom is -0.330 e. The van der Waals surface area contributed by atoms with Gasteiger partial charge in [-0.2, -0.15) is 0 Å². The van der Waals surface area contributed by atoms with E-state index in [1.54, 1.807) is 6.07 Å². The molecular formula is C15H14FN3. The standard InChI is InChI=1S/C15H14FN3/c16-11-6-7-14-13(10-11)18-15(8-9-17)19(14)12-4-2-1-3-5-12/h1-7,10H,8-9,17H2. The van der Waals surface area contributed by atoms with Gasteiger partial charge in [-0.3, -0.25) is 4.57 Å². The van der Waals surface area contributed by atoms with Gasteiger partial charge in [-0.15, -0.1) is 0 Å². The van der Waals surface area contributed by atoms with Gasteiger partial charge >= 0.3 is 0 Å². The highest BCUT2D eigenvalue weighted by Crippen LogP contribution is 2.22. The van der Waals surface area contributed by atoms with Gasteiger partial charge in [0.15, 0.2) is 0 Å². The Bertz CT molecular complexity index is 704. The van der Waals surface area contributed by atoms with Crippen molar-refractivity contribution < 1.29 is 4.39 Å². The molecule has 0 bridgehead atoms. The Hall–Kier alpha value is -2.20. The van der Waals surface area contributed by atoms with Gasteiger partial charge in [0.1, 0.15) is 11.6 Å². The first kappa shape index (κ1) is 11.9. The summed E-state index contributed by atoms with van der Waals surface area (Å²) in [4.78, 5) is 4.48. The summed E-state index contributed by atoms with van der Waals surface area (Å²) in [6.07, 6.45) is 0.658. The van der Waals surface area contributed by atoms with E-state index in [9.17, 15) is 4.39 Å². The minimum atomic E-state index is -0.274. The predicted octanol–water partition coefficient (Wildman–Crippen LogP) is 2.67. The van der Waals surface area contributed by atoms with E-state index in [0.717, 1.165) is 17.0 Å². The molecule has 0 saturated carbocycles. The average Bonchev–Trinajstić information content (AvgIpc) is 2.77. The van der Waals surface area contributed by atoms with Crippen LogP contribution in [0.15, 0.2) is 48.5 Å². The lowest BCUT2D eigenvalue weighted by Crippen LogP contribution is -2.08. The van der Waals surface area contributed by atoms with Crippen molar-refractivity contribution >= 4 is 11.0 Å². The zero-order valence-corrected chi connectivity index (χ0v) is 10.4. The Morgan fingerprint density at radius 2 is 1.89 bits per heavy atom. The van der Waals surface area contributed by atoms with Crippen LogP contribution in [0.1, 0.15) is 5.82 Å². The molecule has 0 aliphatic rings. The van der Waals surface area contributed by atoms with Crippen molar-refractivity contribution in [3.63, 3.8) is 0 Å². The number of nitrogens with zero attached hydrogens (tertiary/aromatic N) is 2. The number of rotatable bonds is 3. The highest BCUT2D eigenvalue weighted by molar-refractivity contribution is 5.78. The van der Waals surface area contributed by atoms with Crippen molar-refractivity contribution in [2.24, 2.45) is 5.73 Å². The molecule has 0 radical (unpaired) electrons. The maximum atomic E-state index is 13.3. The highest BCUT2D eigenvalue weighted by Gasteiger charge is 2.12. The van der Waals surface area contributed by atoms with E-state index in [1.807, 2.05) is 34.9 Å². The quantitative estimate of drug-likeness (QED) is 0.782. The second-order valence-electron chi connectivity index (χ2n) is 4.37. The van der Waals surface area contributed by atoms with Gasteiger partial charge in [0, 0.05) is 18.2 Å². The van der Waals surface area contributed by atoms with E-state index in [-0.39, 0.29) is 5.82 Å². The Balaban J connectivity index is 2.28. The molecule has 3 nitrogen and oxygen atoms in total. The number of nitrogens with two attached hydrogens (primary N) is 1. The van der Waals surface area contributed by atoms with E-state index < -0.39 is 0 Å². The maximum absolute atomic E-state index is 13.3. The first-order chi connectivity index (χ1) is 9.29. The molecule has 0 aliphatic carbocycles. The van der Waals surface area contributed by atoms with Crippen molar-refractivity contribution in [1.82, 2.24) is 9.55 Å².